The summed E-state index contributed by atoms with van der Waals surface area (Å²) in [6, 6.07) is 0. The lowest BCUT2D eigenvalue weighted by Gasteiger charge is -2.16. The van der Waals surface area contributed by atoms with Gasteiger partial charge in [0.2, 0.25) is 0 Å². The summed E-state index contributed by atoms with van der Waals surface area (Å²) >= 11 is 1.53. The van der Waals surface area contributed by atoms with Crippen LogP contribution in [0.3, 0.4) is 0 Å². The van der Waals surface area contributed by atoms with Gasteiger partial charge in [0, 0.05) is 12.3 Å². The fraction of sp³-hybridized carbons (Fsp3) is 0.583. The highest BCUT2D eigenvalue weighted by molar-refractivity contribution is 8.02. The lowest BCUT2D eigenvalue weighted by atomic mass is 10.4. The maximum Gasteiger partial charge on any atom is 0.197 e. The number of thioether (sulfide) groups is 1. The standard InChI is InChI=1S/C12H21NO2S/c1-7-11(15-10(5)14-8-2)12(16-6)13-9(3)4/h7,10H,1,8H2,2-6H3/b12-11-. The third-order valence-corrected chi connectivity index (χ3v) is 2.29. The van der Waals surface area contributed by atoms with Gasteiger partial charge < -0.3 is 9.47 Å². The Kier molecular flexibility index (Phi) is 8.03. The van der Waals surface area contributed by atoms with Gasteiger partial charge in [0.15, 0.2) is 12.0 Å². The van der Waals surface area contributed by atoms with E-state index < -0.39 is 0 Å². The third-order valence-electron chi connectivity index (χ3n) is 1.61. The maximum absolute atomic E-state index is 5.61. The van der Waals surface area contributed by atoms with Gasteiger partial charge in [-0.25, -0.2) is 4.99 Å². The first-order chi connectivity index (χ1) is 7.54. The summed E-state index contributed by atoms with van der Waals surface area (Å²) in [5.74, 6) is 0.662. The minimum absolute atomic E-state index is 0.285. The molecular formula is C12H21NO2S. The molecule has 16 heavy (non-hydrogen) atoms. The maximum atomic E-state index is 5.61. The highest BCUT2D eigenvalue weighted by atomic mass is 32.2. The molecule has 0 radical (unpaired) electrons. The van der Waals surface area contributed by atoms with Crippen LogP contribution in [0, 0.1) is 0 Å². The molecule has 0 aromatic heterocycles. The fourth-order valence-corrected chi connectivity index (χ4v) is 1.64. The van der Waals surface area contributed by atoms with Gasteiger partial charge >= 0.3 is 0 Å². The SMILES string of the molecule is C=C/C(OC(C)OCC)=C(\N=C(C)C)SC. The van der Waals surface area contributed by atoms with E-state index in [0.29, 0.717) is 12.4 Å². The van der Waals surface area contributed by atoms with Crippen molar-refractivity contribution in [2.24, 2.45) is 4.99 Å². The zero-order chi connectivity index (χ0) is 12.6. The summed E-state index contributed by atoms with van der Waals surface area (Å²) in [7, 11) is 0. The van der Waals surface area contributed by atoms with Crippen LogP contribution in [0.4, 0.5) is 0 Å². The van der Waals surface area contributed by atoms with Crippen molar-refractivity contribution in [3.8, 4) is 0 Å². The van der Waals surface area contributed by atoms with Gasteiger partial charge in [0.05, 0.1) is 0 Å². The normalized spacial score (nSPS) is 13.8. The summed E-state index contributed by atoms with van der Waals surface area (Å²) in [6.07, 6.45) is 3.33. The van der Waals surface area contributed by atoms with E-state index in [-0.39, 0.29) is 6.29 Å². The Bertz CT molecular complexity index is 281. The van der Waals surface area contributed by atoms with Crippen LogP contribution in [0.1, 0.15) is 27.7 Å². The van der Waals surface area contributed by atoms with Crippen LogP contribution in [0.15, 0.2) is 28.4 Å². The van der Waals surface area contributed by atoms with Gasteiger partial charge in [0.1, 0.15) is 5.03 Å². The van der Waals surface area contributed by atoms with Crippen LogP contribution < -0.4 is 0 Å². The molecule has 0 aromatic rings. The second-order valence-electron chi connectivity index (χ2n) is 3.28. The molecule has 0 spiro atoms. The number of rotatable bonds is 7. The van der Waals surface area contributed by atoms with Crippen molar-refractivity contribution >= 4 is 17.5 Å². The van der Waals surface area contributed by atoms with Gasteiger partial charge in [-0.2, -0.15) is 0 Å². The molecule has 1 unspecified atom stereocenters. The smallest absolute Gasteiger partial charge is 0.197 e. The van der Waals surface area contributed by atoms with E-state index in [1.54, 1.807) is 6.08 Å². The summed E-state index contributed by atoms with van der Waals surface area (Å²) < 4.78 is 10.9. The van der Waals surface area contributed by atoms with Crippen LogP contribution in [0.25, 0.3) is 0 Å². The van der Waals surface area contributed by atoms with Crippen molar-refractivity contribution in [3.63, 3.8) is 0 Å². The highest BCUT2D eigenvalue weighted by Crippen LogP contribution is 2.21. The molecule has 0 saturated heterocycles. The zero-order valence-electron chi connectivity index (χ0n) is 10.7. The number of ether oxygens (including phenoxy) is 2. The molecule has 0 bridgehead atoms. The highest BCUT2D eigenvalue weighted by Gasteiger charge is 2.08. The number of nitrogens with zero attached hydrogens (tertiary/aromatic N) is 1. The first-order valence-electron chi connectivity index (χ1n) is 5.26. The minimum Gasteiger partial charge on any atom is -0.462 e. The molecule has 92 valence electrons. The van der Waals surface area contributed by atoms with E-state index >= 15 is 0 Å². The van der Waals surface area contributed by atoms with E-state index in [4.69, 9.17) is 9.47 Å². The molecule has 0 aromatic carbocycles. The molecule has 0 aliphatic carbocycles. The van der Waals surface area contributed by atoms with Gasteiger partial charge in [-0.05, 0) is 40.0 Å². The van der Waals surface area contributed by atoms with Crippen LogP contribution in [0.5, 0.6) is 0 Å². The van der Waals surface area contributed by atoms with Crippen molar-refractivity contribution < 1.29 is 9.47 Å². The van der Waals surface area contributed by atoms with E-state index in [1.165, 1.54) is 11.8 Å². The molecule has 0 N–H and O–H groups in total. The van der Waals surface area contributed by atoms with Gasteiger partial charge in [0.25, 0.3) is 0 Å². The molecule has 0 saturated carbocycles. The second-order valence-corrected chi connectivity index (χ2v) is 4.07. The Morgan fingerprint density at radius 1 is 1.50 bits per heavy atom. The molecule has 3 nitrogen and oxygen atoms in total. The van der Waals surface area contributed by atoms with E-state index in [2.05, 4.69) is 11.6 Å². The van der Waals surface area contributed by atoms with Crippen molar-refractivity contribution in [3.05, 3.63) is 23.4 Å². The number of allylic oxidation sites excluding steroid dienone is 1. The van der Waals surface area contributed by atoms with Crippen LogP contribution in [-0.4, -0.2) is 24.9 Å². The van der Waals surface area contributed by atoms with E-state index in [9.17, 15) is 0 Å². The van der Waals surface area contributed by atoms with E-state index in [1.807, 2.05) is 34.0 Å². The average molecular weight is 243 g/mol. The Morgan fingerprint density at radius 2 is 2.12 bits per heavy atom. The second kappa shape index (κ2) is 8.42. The van der Waals surface area contributed by atoms with Crippen LogP contribution >= 0.6 is 11.8 Å². The lowest BCUT2D eigenvalue weighted by Crippen LogP contribution is -2.12. The Hall–Kier alpha value is -0.740. The van der Waals surface area contributed by atoms with Crippen LogP contribution in [0.2, 0.25) is 0 Å². The molecule has 0 heterocycles. The van der Waals surface area contributed by atoms with E-state index in [0.717, 1.165) is 10.7 Å². The van der Waals surface area contributed by atoms with Gasteiger partial charge in [-0.1, -0.05) is 6.58 Å². The Balaban J connectivity index is 4.83. The largest absolute Gasteiger partial charge is 0.462 e. The number of aliphatic imine (C=N–C) groups is 1. The molecular weight excluding hydrogens is 222 g/mol. The third kappa shape index (κ3) is 5.98. The quantitative estimate of drug-likeness (QED) is 0.296. The van der Waals surface area contributed by atoms with Crippen molar-refractivity contribution in [1.82, 2.24) is 0 Å². The van der Waals surface area contributed by atoms with Crippen molar-refractivity contribution in [1.29, 1.82) is 0 Å². The summed E-state index contributed by atoms with van der Waals surface area (Å²) in [5.41, 5.74) is 0.983. The molecule has 0 amide bonds. The van der Waals surface area contributed by atoms with Crippen molar-refractivity contribution in [2.75, 3.05) is 12.9 Å². The first-order valence-corrected chi connectivity index (χ1v) is 6.48. The molecule has 0 rings (SSSR count). The average Bonchev–Trinajstić information content (AvgIpc) is 2.23. The molecule has 1 atom stereocenters. The Labute approximate surface area is 103 Å². The predicted molar refractivity (Wildman–Crippen MR) is 71.7 cm³/mol. The molecule has 4 heteroatoms. The molecule has 0 aliphatic heterocycles. The molecule has 0 fully saturated rings. The fourth-order valence-electron chi connectivity index (χ4n) is 1.04. The van der Waals surface area contributed by atoms with Gasteiger partial charge in [-0.3, -0.25) is 0 Å². The molecule has 0 aliphatic rings. The number of hydrogen-bond donors (Lipinski definition) is 0. The number of hydrogen-bond acceptors (Lipinski definition) is 4. The first kappa shape index (κ1) is 15.3. The summed E-state index contributed by atoms with van der Waals surface area (Å²) in [4.78, 5) is 4.39. The lowest BCUT2D eigenvalue weighted by molar-refractivity contribution is -0.0959. The summed E-state index contributed by atoms with van der Waals surface area (Å²) in [6.45, 7) is 12.0. The summed E-state index contributed by atoms with van der Waals surface area (Å²) in [5, 5.41) is 0.821. The zero-order valence-corrected chi connectivity index (χ0v) is 11.6. The topological polar surface area (TPSA) is 30.8 Å². The van der Waals surface area contributed by atoms with Gasteiger partial charge in [-0.15, -0.1) is 11.8 Å². The van der Waals surface area contributed by atoms with Crippen LogP contribution in [-0.2, 0) is 9.47 Å². The monoisotopic (exact) mass is 243 g/mol. The Morgan fingerprint density at radius 3 is 2.50 bits per heavy atom. The van der Waals surface area contributed by atoms with Crippen molar-refractivity contribution in [2.45, 2.75) is 34.0 Å². The predicted octanol–water partition coefficient (Wildman–Crippen LogP) is 3.58. The minimum atomic E-state index is -0.285.